The van der Waals surface area contributed by atoms with E-state index in [4.69, 9.17) is 16.6 Å². The van der Waals surface area contributed by atoms with E-state index in [1.54, 1.807) is 18.5 Å². The first-order valence-electron chi connectivity index (χ1n) is 9.97. The molecule has 5 rings (SSSR count). The van der Waals surface area contributed by atoms with Crippen molar-refractivity contribution in [2.24, 2.45) is 0 Å². The number of nitrogens with one attached hydrogen (secondary N) is 3. The zero-order valence-electron chi connectivity index (χ0n) is 16.2. The lowest BCUT2D eigenvalue weighted by Crippen LogP contribution is -2.42. The number of carbonyl (C=O) groups excluding carboxylic acids is 1. The van der Waals surface area contributed by atoms with E-state index < -0.39 is 0 Å². The van der Waals surface area contributed by atoms with Gasteiger partial charge >= 0.3 is 0 Å². The van der Waals surface area contributed by atoms with E-state index in [0.717, 1.165) is 29.3 Å². The summed E-state index contributed by atoms with van der Waals surface area (Å²) >= 11 is 6.42. The molecule has 0 aliphatic carbocycles. The summed E-state index contributed by atoms with van der Waals surface area (Å²) in [6.45, 7) is 1.39. The predicted molar refractivity (Wildman–Crippen MR) is 118 cm³/mol. The second-order valence-electron chi connectivity index (χ2n) is 7.43. The molecule has 152 valence electrons. The Kier molecular flexibility index (Phi) is 4.88. The van der Waals surface area contributed by atoms with Gasteiger partial charge in [0.25, 0.3) is 5.91 Å². The Labute approximate surface area is 178 Å². The van der Waals surface area contributed by atoms with Crippen LogP contribution in [0.1, 0.15) is 23.3 Å². The number of hydrogen-bond acceptors (Lipinski definition) is 4. The van der Waals surface area contributed by atoms with Gasteiger partial charge in [-0.2, -0.15) is 0 Å². The topological polar surface area (TPSA) is 89.7 Å². The lowest BCUT2D eigenvalue weighted by atomic mass is 10.0. The fraction of sp³-hybridized carbons (Fsp3) is 0.227. The zero-order valence-corrected chi connectivity index (χ0v) is 17.0. The van der Waals surface area contributed by atoms with Gasteiger partial charge in [0.15, 0.2) is 0 Å². The summed E-state index contributed by atoms with van der Waals surface area (Å²) in [4.78, 5) is 29.7. The van der Waals surface area contributed by atoms with Crippen molar-refractivity contribution in [1.29, 1.82) is 0 Å². The van der Waals surface area contributed by atoms with Gasteiger partial charge in [0.2, 0.25) is 5.95 Å². The molecular formula is C22H21ClN6O. The molecule has 7 nitrogen and oxygen atoms in total. The minimum atomic E-state index is 0.0443. The molecule has 0 saturated carbocycles. The summed E-state index contributed by atoms with van der Waals surface area (Å²) < 4.78 is 0. The molecule has 0 radical (unpaired) electrons. The first-order chi connectivity index (χ1) is 14.7. The smallest absolute Gasteiger partial charge is 0.270 e. The van der Waals surface area contributed by atoms with Crippen molar-refractivity contribution in [2.45, 2.75) is 18.9 Å². The van der Waals surface area contributed by atoms with E-state index in [2.05, 4.69) is 20.3 Å². The molecular weight excluding hydrogens is 400 g/mol. The number of hydrogen-bond donors (Lipinski definition) is 3. The van der Waals surface area contributed by atoms with Gasteiger partial charge in [0.05, 0.1) is 16.9 Å². The number of amides is 1. The molecule has 1 aliphatic heterocycles. The second-order valence-corrected chi connectivity index (χ2v) is 7.84. The van der Waals surface area contributed by atoms with E-state index in [9.17, 15) is 4.79 Å². The average molecular weight is 421 g/mol. The van der Waals surface area contributed by atoms with Crippen LogP contribution in [0.3, 0.4) is 0 Å². The van der Waals surface area contributed by atoms with Crippen LogP contribution in [0.5, 0.6) is 0 Å². The minimum absolute atomic E-state index is 0.0443. The number of likely N-dealkylation sites (tertiary alicyclic amines) is 1. The van der Waals surface area contributed by atoms with Gasteiger partial charge in [-0.1, -0.05) is 29.8 Å². The third kappa shape index (κ3) is 3.52. The number of carbonyl (C=O) groups is 1. The van der Waals surface area contributed by atoms with Crippen molar-refractivity contribution in [3.63, 3.8) is 0 Å². The summed E-state index contributed by atoms with van der Waals surface area (Å²) in [5, 5.41) is 5.00. The Balaban J connectivity index is 1.30. The highest BCUT2D eigenvalue weighted by molar-refractivity contribution is 6.33. The number of para-hydroxylation sites is 1. The molecule has 1 fully saturated rings. The molecule has 3 N–H and O–H groups in total. The summed E-state index contributed by atoms with van der Waals surface area (Å²) in [5.74, 6) is 0.594. The summed E-state index contributed by atoms with van der Waals surface area (Å²) in [7, 11) is 0. The molecule has 1 amide bonds. The largest absolute Gasteiger partial charge is 0.360 e. The number of piperidine rings is 1. The van der Waals surface area contributed by atoms with Crippen molar-refractivity contribution >= 4 is 34.4 Å². The summed E-state index contributed by atoms with van der Waals surface area (Å²) in [6.07, 6.45) is 7.00. The number of aromatic nitrogens is 4. The lowest BCUT2D eigenvalue weighted by Gasteiger charge is -2.32. The Morgan fingerprint density at radius 2 is 1.97 bits per heavy atom. The fourth-order valence-electron chi connectivity index (χ4n) is 3.94. The van der Waals surface area contributed by atoms with Gasteiger partial charge < -0.3 is 20.2 Å². The van der Waals surface area contributed by atoms with E-state index in [1.165, 1.54) is 0 Å². The van der Waals surface area contributed by atoms with E-state index >= 15 is 0 Å². The van der Waals surface area contributed by atoms with E-state index in [0.29, 0.717) is 35.4 Å². The number of fused-ring (bicyclic) bond motifs is 1. The van der Waals surface area contributed by atoms with E-state index in [1.807, 2.05) is 41.4 Å². The van der Waals surface area contributed by atoms with E-state index in [-0.39, 0.29) is 11.9 Å². The first-order valence-corrected chi connectivity index (χ1v) is 10.3. The number of halogens is 1. The van der Waals surface area contributed by atoms with Crippen LogP contribution in [0.2, 0.25) is 5.02 Å². The van der Waals surface area contributed by atoms with Crippen LogP contribution in [0, 0.1) is 0 Å². The van der Waals surface area contributed by atoms with Crippen molar-refractivity contribution in [3.05, 3.63) is 65.7 Å². The van der Waals surface area contributed by atoms with Crippen molar-refractivity contribution < 1.29 is 4.79 Å². The Bertz CT molecular complexity index is 1180. The molecule has 4 heterocycles. The highest BCUT2D eigenvalue weighted by Crippen LogP contribution is 2.32. The Morgan fingerprint density at radius 1 is 1.13 bits per heavy atom. The lowest BCUT2D eigenvalue weighted by molar-refractivity contribution is 0.0713. The molecule has 1 saturated heterocycles. The number of aromatic amines is 2. The van der Waals surface area contributed by atoms with Crippen LogP contribution in [-0.2, 0) is 0 Å². The third-order valence-corrected chi connectivity index (χ3v) is 5.81. The van der Waals surface area contributed by atoms with Gasteiger partial charge in [-0.3, -0.25) is 4.79 Å². The summed E-state index contributed by atoms with van der Waals surface area (Å²) in [5.41, 5.74) is 3.32. The molecule has 1 aliphatic rings. The SMILES string of the molecule is O=C(c1ccc[nH]1)N1CCC(Nc2ncc(Cl)c(-c3c[nH]c4ccccc34)n2)CC1. The Morgan fingerprint density at radius 3 is 2.77 bits per heavy atom. The quantitative estimate of drug-likeness (QED) is 0.458. The van der Waals surface area contributed by atoms with Crippen molar-refractivity contribution in [1.82, 2.24) is 24.8 Å². The van der Waals surface area contributed by atoms with Gasteiger partial charge in [-0.15, -0.1) is 0 Å². The maximum atomic E-state index is 12.5. The standard InChI is InChI=1S/C22H21ClN6O/c23-17-13-26-22(28-20(17)16-12-25-18-5-2-1-4-15(16)18)27-14-7-10-29(11-8-14)21(30)19-6-3-9-24-19/h1-6,9,12-14,24-25H,7-8,10-11H2,(H,26,27,28). The van der Waals surface area contributed by atoms with Crippen LogP contribution in [0.15, 0.2) is 55.0 Å². The monoisotopic (exact) mass is 420 g/mol. The highest BCUT2D eigenvalue weighted by Gasteiger charge is 2.24. The van der Waals surface area contributed by atoms with Gasteiger partial charge in [-0.05, 0) is 31.0 Å². The fourth-order valence-corrected chi connectivity index (χ4v) is 4.13. The normalized spacial score (nSPS) is 14.9. The number of nitrogens with zero attached hydrogens (tertiary/aromatic N) is 3. The van der Waals surface area contributed by atoms with Crippen LogP contribution < -0.4 is 5.32 Å². The zero-order chi connectivity index (χ0) is 20.5. The predicted octanol–water partition coefficient (Wildman–Crippen LogP) is 4.32. The number of anilines is 1. The highest BCUT2D eigenvalue weighted by atomic mass is 35.5. The van der Waals surface area contributed by atoms with Gasteiger partial charge in [0.1, 0.15) is 5.69 Å². The van der Waals surface area contributed by atoms with Crippen LogP contribution in [-0.4, -0.2) is 49.9 Å². The molecule has 1 aromatic carbocycles. The molecule has 0 unspecified atom stereocenters. The number of rotatable bonds is 4. The van der Waals surface area contributed by atoms with Gasteiger partial charge in [-0.25, -0.2) is 9.97 Å². The third-order valence-electron chi connectivity index (χ3n) is 5.53. The average Bonchev–Trinajstić information content (AvgIpc) is 3.45. The molecule has 8 heteroatoms. The van der Waals surface area contributed by atoms with Crippen LogP contribution >= 0.6 is 11.6 Å². The molecule has 0 spiro atoms. The van der Waals surface area contributed by atoms with Gasteiger partial charge in [0, 0.05) is 48.0 Å². The Hall–Kier alpha value is -3.32. The maximum absolute atomic E-state index is 12.5. The minimum Gasteiger partial charge on any atom is -0.360 e. The molecule has 0 atom stereocenters. The van der Waals surface area contributed by atoms with Crippen LogP contribution in [0.4, 0.5) is 5.95 Å². The number of benzene rings is 1. The molecule has 4 aromatic rings. The number of H-pyrrole nitrogens is 2. The first kappa shape index (κ1) is 18.7. The maximum Gasteiger partial charge on any atom is 0.270 e. The molecule has 3 aromatic heterocycles. The van der Waals surface area contributed by atoms with Crippen LogP contribution in [0.25, 0.3) is 22.2 Å². The van der Waals surface area contributed by atoms with Crippen molar-refractivity contribution in [3.8, 4) is 11.3 Å². The molecule has 0 bridgehead atoms. The molecule has 30 heavy (non-hydrogen) atoms. The second kappa shape index (κ2) is 7.84. The van der Waals surface area contributed by atoms with Crippen molar-refractivity contribution in [2.75, 3.05) is 18.4 Å². The summed E-state index contributed by atoms with van der Waals surface area (Å²) in [6, 6.07) is 11.9.